The molecule has 1 aliphatic heterocycles. The summed E-state index contributed by atoms with van der Waals surface area (Å²) in [6.45, 7) is 0.0207. The standard InChI is InChI=1S/C16H17N3O5/c1-23-13-3-2-10-4-11(9-24-14(10)5-13)16(22)18-12-6-17-19(7-12)8-15(20)21/h2-3,5-7,11H,4,8-9H2,1H3,(H,18,22)(H,20,21). The Bertz CT molecular complexity index is 771. The Morgan fingerprint density at radius 3 is 3.08 bits per heavy atom. The number of amides is 1. The topological polar surface area (TPSA) is 103 Å². The van der Waals surface area contributed by atoms with Crippen molar-refractivity contribution >= 4 is 17.6 Å². The van der Waals surface area contributed by atoms with Gasteiger partial charge in [0.2, 0.25) is 5.91 Å². The van der Waals surface area contributed by atoms with Crippen molar-refractivity contribution < 1.29 is 24.2 Å². The minimum Gasteiger partial charge on any atom is -0.497 e. The van der Waals surface area contributed by atoms with Crippen LogP contribution in [0.1, 0.15) is 5.56 Å². The summed E-state index contributed by atoms with van der Waals surface area (Å²) >= 11 is 0. The highest BCUT2D eigenvalue weighted by molar-refractivity contribution is 5.92. The lowest BCUT2D eigenvalue weighted by Gasteiger charge is -2.24. The van der Waals surface area contributed by atoms with E-state index in [2.05, 4.69) is 10.4 Å². The molecule has 2 aromatic rings. The van der Waals surface area contributed by atoms with E-state index in [0.717, 1.165) is 11.3 Å². The van der Waals surface area contributed by atoms with E-state index >= 15 is 0 Å². The number of carbonyl (C=O) groups is 2. The fourth-order valence-electron chi connectivity index (χ4n) is 2.55. The van der Waals surface area contributed by atoms with Crippen LogP contribution >= 0.6 is 0 Å². The summed E-state index contributed by atoms with van der Waals surface area (Å²) in [5.41, 5.74) is 1.41. The number of nitrogens with one attached hydrogen (secondary N) is 1. The molecule has 8 nitrogen and oxygen atoms in total. The number of hydrogen-bond acceptors (Lipinski definition) is 5. The lowest BCUT2D eigenvalue weighted by atomic mass is 9.96. The van der Waals surface area contributed by atoms with Crippen LogP contribution in [0.2, 0.25) is 0 Å². The summed E-state index contributed by atoms with van der Waals surface area (Å²) in [4.78, 5) is 23.0. The lowest BCUT2D eigenvalue weighted by Crippen LogP contribution is -2.32. The maximum Gasteiger partial charge on any atom is 0.325 e. The van der Waals surface area contributed by atoms with Gasteiger partial charge in [0.1, 0.15) is 24.7 Å². The number of benzene rings is 1. The van der Waals surface area contributed by atoms with Crippen molar-refractivity contribution in [2.75, 3.05) is 19.0 Å². The average molecular weight is 331 g/mol. The highest BCUT2D eigenvalue weighted by Gasteiger charge is 2.26. The van der Waals surface area contributed by atoms with E-state index in [-0.39, 0.29) is 25.0 Å². The second-order valence-corrected chi connectivity index (χ2v) is 5.50. The minimum absolute atomic E-state index is 0.189. The van der Waals surface area contributed by atoms with Gasteiger partial charge in [-0.2, -0.15) is 5.10 Å². The van der Waals surface area contributed by atoms with Gasteiger partial charge in [0.05, 0.1) is 24.9 Å². The molecular formula is C16H17N3O5. The number of nitrogens with zero attached hydrogens (tertiary/aromatic N) is 2. The van der Waals surface area contributed by atoms with E-state index in [0.29, 0.717) is 17.9 Å². The Kier molecular flexibility index (Phi) is 4.37. The molecule has 1 aliphatic rings. The fourth-order valence-corrected chi connectivity index (χ4v) is 2.55. The highest BCUT2D eigenvalue weighted by atomic mass is 16.5. The molecule has 3 rings (SSSR count). The van der Waals surface area contributed by atoms with Crippen LogP contribution in [0.5, 0.6) is 11.5 Å². The first-order valence-electron chi connectivity index (χ1n) is 7.40. The average Bonchev–Trinajstić information content (AvgIpc) is 2.99. The quantitative estimate of drug-likeness (QED) is 0.852. The van der Waals surface area contributed by atoms with Crippen molar-refractivity contribution in [1.29, 1.82) is 0 Å². The zero-order valence-electron chi connectivity index (χ0n) is 13.1. The third-order valence-corrected chi connectivity index (χ3v) is 3.75. The number of carbonyl (C=O) groups excluding carboxylic acids is 1. The lowest BCUT2D eigenvalue weighted by molar-refractivity contribution is -0.137. The summed E-state index contributed by atoms with van der Waals surface area (Å²) < 4.78 is 12.1. The maximum atomic E-state index is 12.4. The molecule has 0 saturated heterocycles. The highest BCUT2D eigenvalue weighted by Crippen LogP contribution is 2.31. The second kappa shape index (κ2) is 6.61. The van der Waals surface area contributed by atoms with Gasteiger partial charge in [-0.1, -0.05) is 6.07 Å². The third-order valence-electron chi connectivity index (χ3n) is 3.75. The molecule has 0 radical (unpaired) electrons. The molecule has 24 heavy (non-hydrogen) atoms. The predicted molar refractivity (Wildman–Crippen MR) is 84.2 cm³/mol. The van der Waals surface area contributed by atoms with Crippen molar-refractivity contribution in [1.82, 2.24) is 9.78 Å². The van der Waals surface area contributed by atoms with Crippen molar-refractivity contribution in [3.8, 4) is 11.5 Å². The number of ether oxygens (including phenoxy) is 2. The number of carboxylic acids is 1. The van der Waals surface area contributed by atoms with Gasteiger partial charge in [0.25, 0.3) is 0 Å². The first-order valence-corrected chi connectivity index (χ1v) is 7.40. The molecule has 1 aromatic carbocycles. The van der Waals surface area contributed by atoms with Crippen LogP contribution in [0.4, 0.5) is 5.69 Å². The molecule has 1 unspecified atom stereocenters. The molecule has 1 aromatic heterocycles. The molecule has 0 aliphatic carbocycles. The van der Waals surface area contributed by atoms with Crippen LogP contribution < -0.4 is 14.8 Å². The van der Waals surface area contributed by atoms with Gasteiger partial charge in [0, 0.05) is 12.3 Å². The molecule has 1 atom stereocenters. The van der Waals surface area contributed by atoms with E-state index in [9.17, 15) is 9.59 Å². The molecule has 8 heteroatoms. The van der Waals surface area contributed by atoms with Gasteiger partial charge >= 0.3 is 5.97 Å². The number of carboxylic acid groups (broad SMARTS) is 1. The van der Waals surface area contributed by atoms with Crippen LogP contribution in [0, 0.1) is 5.92 Å². The largest absolute Gasteiger partial charge is 0.497 e. The summed E-state index contributed by atoms with van der Waals surface area (Å²) in [6.07, 6.45) is 3.46. The van der Waals surface area contributed by atoms with Crippen LogP contribution in [0.15, 0.2) is 30.6 Å². The summed E-state index contributed by atoms with van der Waals surface area (Å²) in [6, 6.07) is 5.52. The van der Waals surface area contributed by atoms with Crippen LogP contribution in [0.3, 0.4) is 0 Å². The number of fused-ring (bicyclic) bond motifs is 1. The maximum absolute atomic E-state index is 12.4. The number of aromatic nitrogens is 2. The molecule has 2 heterocycles. The van der Waals surface area contributed by atoms with Gasteiger partial charge < -0.3 is 19.9 Å². The number of anilines is 1. The molecule has 0 saturated carbocycles. The molecule has 126 valence electrons. The first-order chi connectivity index (χ1) is 11.5. The smallest absolute Gasteiger partial charge is 0.325 e. The molecular weight excluding hydrogens is 314 g/mol. The van der Waals surface area contributed by atoms with E-state index in [4.69, 9.17) is 14.6 Å². The van der Waals surface area contributed by atoms with Crippen molar-refractivity contribution in [3.63, 3.8) is 0 Å². The monoisotopic (exact) mass is 331 g/mol. The number of aliphatic carboxylic acids is 1. The predicted octanol–water partition coefficient (Wildman–Crippen LogP) is 1.17. The molecule has 2 N–H and O–H groups in total. The van der Waals surface area contributed by atoms with Gasteiger partial charge in [0.15, 0.2) is 0 Å². The number of hydrogen-bond donors (Lipinski definition) is 2. The minimum atomic E-state index is -0.997. The normalized spacial score (nSPS) is 16.0. The van der Waals surface area contributed by atoms with E-state index < -0.39 is 5.97 Å². The van der Waals surface area contributed by atoms with Gasteiger partial charge in [-0.15, -0.1) is 0 Å². The van der Waals surface area contributed by atoms with Crippen LogP contribution in [0.25, 0.3) is 0 Å². The summed E-state index contributed by atoms with van der Waals surface area (Å²) in [5.74, 6) is -0.0704. The molecule has 0 spiro atoms. The van der Waals surface area contributed by atoms with Crippen LogP contribution in [-0.4, -0.2) is 40.5 Å². The second-order valence-electron chi connectivity index (χ2n) is 5.50. The Balaban J connectivity index is 1.63. The first kappa shape index (κ1) is 15.9. The zero-order chi connectivity index (χ0) is 17.1. The number of methoxy groups -OCH3 is 1. The summed E-state index contributed by atoms with van der Waals surface area (Å²) in [7, 11) is 1.59. The Morgan fingerprint density at radius 1 is 1.50 bits per heavy atom. The van der Waals surface area contributed by atoms with E-state index in [1.54, 1.807) is 13.2 Å². The van der Waals surface area contributed by atoms with Crippen LogP contribution in [-0.2, 0) is 22.6 Å². The van der Waals surface area contributed by atoms with Crippen molar-refractivity contribution in [2.45, 2.75) is 13.0 Å². The van der Waals surface area contributed by atoms with Crippen molar-refractivity contribution in [2.24, 2.45) is 5.92 Å². The van der Waals surface area contributed by atoms with Gasteiger partial charge in [-0.25, -0.2) is 0 Å². The van der Waals surface area contributed by atoms with E-state index in [1.165, 1.54) is 17.1 Å². The Hall–Kier alpha value is -3.03. The van der Waals surface area contributed by atoms with Gasteiger partial charge in [-0.3, -0.25) is 14.3 Å². The molecule has 0 bridgehead atoms. The zero-order valence-corrected chi connectivity index (χ0v) is 13.1. The van der Waals surface area contributed by atoms with Gasteiger partial charge in [-0.05, 0) is 18.1 Å². The number of rotatable bonds is 5. The third kappa shape index (κ3) is 3.48. The molecule has 1 amide bonds. The Morgan fingerprint density at radius 2 is 2.33 bits per heavy atom. The Labute approximate surface area is 138 Å². The molecule has 0 fully saturated rings. The SMILES string of the molecule is COc1ccc2c(c1)OCC(C(=O)Nc1cnn(CC(=O)O)c1)C2. The van der Waals surface area contributed by atoms with E-state index in [1.807, 2.05) is 12.1 Å². The van der Waals surface area contributed by atoms with Crippen molar-refractivity contribution in [3.05, 3.63) is 36.2 Å². The fraction of sp³-hybridized carbons (Fsp3) is 0.312. The summed E-state index contributed by atoms with van der Waals surface area (Å²) in [5, 5.41) is 15.3.